The molecule has 1 N–H and O–H groups in total. The molecular weight excluding hydrogens is 166 g/mol. The molecular formula is C9H19N3O. The first-order valence-corrected chi connectivity index (χ1v) is 4.73. The van der Waals surface area contributed by atoms with Gasteiger partial charge in [0, 0.05) is 39.1 Å². The lowest BCUT2D eigenvalue weighted by molar-refractivity contribution is -0.119. The Labute approximate surface area is 79.9 Å². The third-order valence-corrected chi connectivity index (χ3v) is 2.57. The van der Waals surface area contributed by atoms with Crippen LogP contribution in [0.4, 0.5) is 0 Å². The molecule has 4 nitrogen and oxygen atoms in total. The summed E-state index contributed by atoms with van der Waals surface area (Å²) in [6.45, 7) is 5.56. The van der Waals surface area contributed by atoms with Crippen LogP contribution in [0.5, 0.6) is 0 Å². The van der Waals surface area contributed by atoms with Gasteiger partial charge in [-0.25, -0.2) is 0 Å². The zero-order chi connectivity index (χ0) is 9.84. The highest BCUT2D eigenvalue weighted by atomic mass is 16.1. The van der Waals surface area contributed by atoms with Crippen molar-refractivity contribution in [1.29, 1.82) is 0 Å². The molecule has 0 radical (unpaired) electrons. The first-order chi connectivity index (χ1) is 6.09. The van der Waals surface area contributed by atoms with Crippen LogP contribution in [0, 0.1) is 0 Å². The monoisotopic (exact) mass is 185 g/mol. The van der Waals surface area contributed by atoms with E-state index in [1.807, 2.05) is 0 Å². The van der Waals surface area contributed by atoms with Crippen LogP contribution in [0.15, 0.2) is 0 Å². The fourth-order valence-electron chi connectivity index (χ4n) is 1.58. The molecule has 13 heavy (non-hydrogen) atoms. The summed E-state index contributed by atoms with van der Waals surface area (Å²) in [4.78, 5) is 15.3. The molecule has 0 aromatic heterocycles. The molecule has 1 rings (SSSR count). The average molecular weight is 185 g/mol. The highest BCUT2D eigenvalue weighted by Gasteiger charge is 2.21. The van der Waals surface area contributed by atoms with E-state index in [4.69, 9.17) is 0 Å². The molecule has 1 atom stereocenters. The largest absolute Gasteiger partial charge is 0.355 e. The summed E-state index contributed by atoms with van der Waals surface area (Å²) in [6.07, 6.45) is 0. The minimum absolute atomic E-state index is 0.0571. The standard InChI is InChI=1S/C9H19N3O/c1-8(13)10-6-9-7-11(2)4-5-12(9)3/h9H,4-7H2,1-3H3,(H,10,13). The summed E-state index contributed by atoms with van der Waals surface area (Å²) in [5.74, 6) is 0.0571. The van der Waals surface area contributed by atoms with E-state index in [0.29, 0.717) is 6.04 Å². The van der Waals surface area contributed by atoms with Crippen molar-refractivity contribution in [2.75, 3.05) is 40.3 Å². The SMILES string of the molecule is CC(=O)NCC1CN(C)CCN1C. The highest BCUT2D eigenvalue weighted by Crippen LogP contribution is 2.04. The Bertz CT molecular complexity index is 184. The van der Waals surface area contributed by atoms with Gasteiger partial charge in [-0.1, -0.05) is 0 Å². The van der Waals surface area contributed by atoms with Gasteiger partial charge in [0.15, 0.2) is 0 Å². The third-order valence-electron chi connectivity index (χ3n) is 2.57. The van der Waals surface area contributed by atoms with Gasteiger partial charge in [0.25, 0.3) is 0 Å². The zero-order valence-electron chi connectivity index (χ0n) is 8.71. The van der Waals surface area contributed by atoms with Crippen LogP contribution in [0.3, 0.4) is 0 Å². The molecule has 0 spiro atoms. The average Bonchev–Trinajstić information content (AvgIpc) is 2.06. The lowest BCUT2D eigenvalue weighted by Gasteiger charge is -2.37. The lowest BCUT2D eigenvalue weighted by atomic mass is 10.2. The Kier molecular flexibility index (Phi) is 3.69. The molecule has 0 aliphatic carbocycles. The molecule has 0 saturated carbocycles. The second-order valence-corrected chi connectivity index (χ2v) is 3.83. The predicted molar refractivity (Wildman–Crippen MR) is 52.6 cm³/mol. The molecule has 1 fully saturated rings. The minimum atomic E-state index is 0.0571. The van der Waals surface area contributed by atoms with Crippen molar-refractivity contribution in [3.8, 4) is 0 Å². The minimum Gasteiger partial charge on any atom is -0.355 e. The maximum absolute atomic E-state index is 10.7. The summed E-state index contributed by atoms with van der Waals surface area (Å²) >= 11 is 0. The topological polar surface area (TPSA) is 35.6 Å². The Morgan fingerprint density at radius 2 is 2.15 bits per heavy atom. The van der Waals surface area contributed by atoms with E-state index < -0.39 is 0 Å². The van der Waals surface area contributed by atoms with Gasteiger partial charge in [-0.2, -0.15) is 0 Å². The number of rotatable bonds is 2. The number of carbonyl (C=O) groups is 1. The van der Waals surface area contributed by atoms with E-state index in [1.54, 1.807) is 6.92 Å². The fourth-order valence-corrected chi connectivity index (χ4v) is 1.58. The van der Waals surface area contributed by atoms with Gasteiger partial charge in [0.05, 0.1) is 0 Å². The molecule has 0 bridgehead atoms. The van der Waals surface area contributed by atoms with Gasteiger partial charge in [-0.3, -0.25) is 9.69 Å². The summed E-state index contributed by atoms with van der Waals surface area (Å²) in [7, 11) is 4.23. The molecule has 1 aliphatic heterocycles. The molecule has 0 aromatic rings. The van der Waals surface area contributed by atoms with Crippen LogP contribution in [0.25, 0.3) is 0 Å². The van der Waals surface area contributed by atoms with E-state index >= 15 is 0 Å². The number of nitrogens with one attached hydrogen (secondary N) is 1. The number of carbonyl (C=O) groups excluding carboxylic acids is 1. The van der Waals surface area contributed by atoms with E-state index in [2.05, 4.69) is 29.2 Å². The van der Waals surface area contributed by atoms with Crippen LogP contribution in [-0.4, -0.2) is 62.0 Å². The van der Waals surface area contributed by atoms with Crippen LogP contribution in [0.1, 0.15) is 6.92 Å². The number of amides is 1. The van der Waals surface area contributed by atoms with E-state index in [0.717, 1.165) is 26.2 Å². The molecule has 0 aromatic carbocycles. The van der Waals surface area contributed by atoms with Crippen LogP contribution < -0.4 is 5.32 Å². The van der Waals surface area contributed by atoms with Crippen LogP contribution in [-0.2, 0) is 4.79 Å². The van der Waals surface area contributed by atoms with Crippen molar-refractivity contribution >= 4 is 5.91 Å². The normalized spacial score (nSPS) is 25.9. The van der Waals surface area contributed by atoms with Gasteiger partial charge in [0.2, 0.25) is 5.91 Å². The number of hydrogen-bond donors (Lipinski definition) is 1. The number of piperazine rings is 1. The Balaban J connectivity index is 2.33. The van der Waals surface area contributed by atoms with Crippen molar-refractivity contribution < 1.29 is 4.79 Å². The molecule has 1 unspecified atom stereocenters. The molecule has 1 saturated heterocycles. The van der Waals surface area contributed by atoms with Crippen molar-refractivity contribution in [3.05, 3.63) is 0 Å². The third kappa shape index (κ3) is 3.32. The molecule has 1 amide bonds. The van der Waals surface area contributed by atoms with E-state index in [-0.39, 0.29) is 5.91 Å². The van der Waals surface area contributed by atoms with Crippen molar-refractivity contribution in [1.82, 2.24) is 15.1 Å². The first kappa shape index (κ1) is 10.5. The summed E-state index contributed by atoms with van der Waals surface area (Å²) in [5.41, 5.74) is 0. The van der Waals surface area contributed by atoms with Crippen molar-refractivity contribution in [2.24, 2.45) is 0 Å². The van der Waals surface area contributed by atoms with Crippen LogP contribution in [0.2, 0.25) is 0 Å². The zero-order valence-corrected chi connectivity index (χ0v) is 8.71. The van der Waals surface area contributed by atoms with E-state index in [9.17, 15) is 4.79 Å². The van der Waals surface area contributed by atoms with Gasteiger partial charge < -0.3 is 10.2 Å². The summed E-state index contributed by atoms with van der Waals surface area (Å²) in [5, 5.41) is 2.86. The smallest absolute Gasteiger partial charge is 0.216 e. The number of nitrogens with zero attached hydrogens (tertiary/aromatic N) is 2. The Morgan fingerprint density at radius 1 is 1.46 bits per heavy atom. The lowest BCUT2D eigenvalue weighted by Crippen LogP contribution is -2.54. The fraction of sp³-hybridized carbons (Fsp3) is 0.889. The van der Waals surface area contributed by atoms with Gasteiger partial charge in [-0.15, -0.1) is 0 Å². The highest BCUT2D eigenvalue weighted by molar-refractivity contribution is 5.72. The summed E-state index contributed by atoms with van der Waals surface area (Å²) in [6, 6.07) is 0.461. The Morgan fingerprint density at radius 3 is 2.77 bits per heavy atom. The second-order valence-electron chi connectivity index (χ2n) is 3.83. The van der Waals surface area contributed by atoms with Crippen molar-refractivity contribution in [3.63, 3.8) is 0 Å². The molecule has 4 heteroatoms. The number of hydrogen-bond acceptors (Lipinski definition) is 3. The van der Waals surface area contributed by atoms with Crippen LogP contribution >= 0.6 is 0 Å². The quantitative estimate of drug-likeness (QED) is 0.622. The molecule has 1 aliphatic rings. The van der Waals surface area contributed by atoms with Gasteiger partial charge >= 0.3 is 0 Å². The maximum Gasteiger partial charge on any atom is 0.216 e. The van der Waals surface area contributed by atoms with E-state index in [1.165, 1.54) is 0 Å². The summed E-state index contributed by atoms with van der Waals surface area (Å²) < 4.78 is 0. The second kappa shape index (κ2) is 4.58. The first-order valence-electron chi connectivity index (χ1n) is 4.73. The number of likely N-dealkylation sites (N-methyl/N-ethyl adjacent to an activating group) is 2. The van der Waals surface area contributed by atoms with Gasteiger partial charge in [-0.05, 0) is 14.1 Å². The predicted octanol–water partition coefficient (Wildman–Crippen LogP) is -0.632. The molecule has 76 valence electrons. The van der Waals surface area contributed by atoms with Gasteiger partial charge in [0.1, 0.15) is 0 Å². The Hall–Kier alpha value is -0.610. The van der Waals surface area contributed by atoms with Crippen molar-refractivity contribution in [2.45, 2.75) is 13.0 Å². The maximum atomic E-state index is 10.7. The molecule has 1 heterocycles.